The van der Waals surface area contributed by atoms with Crippen molar-refractivity contribution in [2.75, 3.05) is 26.2 Å². The van der Waals surface area contributed by atoms with Crippen molar-refractivity contribution < 1.29 is 24.2 Å². The maximum atomic E-state index is 12.7. The lowest BCUT2D eigenvalue weighted by atomic mass is 9.98. The van der Waals surface area contributed by atoms with Gasteiger partial charge in [0.15, 0.2) is 0 Å². The van der Waals surface area contributed by atoms with Gasteiger partial charge in [0.05, 0.1) is 5.92 Å². The van der Waals surface area contributed by atoms with E-state index in [0.717, 1.165) is 12.8 Å². The summed E-state index contributed by atoms with van der Waals surface area (Å²) in [5, 5.41) is 12.0. The molecule has 1 saturated carbocycles. The molecule has 0 spiro atoms. The number of aliphatic carboxylic acids is 1. The highest BCUT2D eigenvalue weighted by atomic mass is 16.5. The van der Waals surface area contributed by atoms with Crippen LogP contribution in [-0.2, 0) is 14.3 Å². The number of hydrogen-bond acceptors (Lipinski definition) is 4. The van der Waals surface area contributed by atoms with Crippen molar-refractivity contribution in [1.82, 2.24) is 10.2 Å². The van der Waals surface area contributed by atoms with E-state index in [-0.39, 0.29) is 36.8 Å². The molecule has 0 unspecified atom stereocenters. The number of fused-ring (bicyclic) bond motifs is 3. The van der Waals surface area contributed by atoms with Gasteiger partial charge < -0.3 is 20.1 Å². The first-order valence-corrected chi connectivity index (χ1v) is 11.6. The summed E-state index contributed by atoms with van der Waals surface area (Å²) in [6.07, 6.45) is 1.59. The summed E-state index contributed by atoms with van der Waals surface area (Å²) in [5.41, 5.74) is 4.70. The molecule has 7 heteroatoms. The maximum Gasteiger partial charge on any atom is 0.407 e. The van der Waals surface area contributed by atoms with Crippen LogP contribution in [0.4, 0.5) is 4.79 Å². The minimum absolute atomic E-state index is 0.0136. The molecule has 33 heavy (non-hydrogen) atoms. The number of carboxylic acids is 1. The number of ether oxygens (including phenoxy) is 1. The quantitative estimate of drug-likeness (QED) is 0.705. The number of likely N-dealkylation sites (tertiary alicyclic amines) is 1. The number of carbonyl (C=O) groups is 3. The number of rotatable bonds is 6. The van der Waals surface area contributed by atoms with Gasteiger partial charge >= 0.3 is 12.1 Å². The van der Waals surface area contributed by atoms with Crippen molar-refractivity contribution in [3.8, 4) is 11.1 Å². The van der Waals surface area contributed by atoms with E-state index in [1.54, 1.807) is 4.90 Å². The second-order valence-electron chi connectivity index (χ2n) is 9.27. The van der Waals surface area contributed by atoms with E-state index in [4.69, 9.17) is 4.74 Å². The summed E-state index contributed by atoms with van der Waals surface area (Å²) in [6, 6.07) is 16.4. The Morgan fingerprint density at radius 2 is 1.70 bits per heavy atom. The van der Waals surface area contributed by atoms with Crippen LogP contribution in [0.3, 0.4) is 0 Å². The third kappa shape index (κ3) is 4.32. The number of benzene rings is 2. The van der Waals surface area contributed by atoms with Crippen LogP contribution in [-0.4, -0.2) is 54.2 Å². The lowest BCUT2D eigenvalue weighted by molar-refractivity contribution is -0.146. The maximum absolute atomic E-state index is 12.7. The van der Waals surface area contributed by atoms with Gasteiger partial charge in [-0.2, -0.15) is 0 Å². The zero-order chi connectivity index (χ0) is 22.9. The first kappa shape index (κ1) is 21.5. The minimum Gasteiger partial charge on any atom is -0.481 e. The smallest absolute Gasteiger partial charge is 0.407 e. The van der Waals surface area contributed by atoms with Gasteiger partial charge in [0.25, 0.3) is 0 Å². The first-order chi connectivity index (χ1) is 16.0. The molecule has 2 N–H and O–H groups in total. The molecule has 2 amide bonds. The van der Waals surface area contributed by atoms with Crippen LogP contribution in [0.15, 0.2) is 48.5 Å². The summed E-state index contributed by atoms with van der Waals surface area (Å²) in [5.74, 6) is -1.33. The van der Waals surface area contributed by atoms with Gasteiger partial charge in [-0.25, -0.2) is 4.79 Å². The highest BCUT2D eigenvalue weighted by molar-refractivity contribution is 5.83. The van der Waals surface area contributed by atoms with Crippen molar-refractivity contribution in [3.05, 3.63) is 59.7 Å². The average Bonchev–Trinajstić information content (AvgIpc) is 3.56. The van der Waals surface area contributed by atoms with Gasteiger partial charge in [-0.15, -0.1) is 0 Å². The summed E-state index contributed by atoms with van der Waals surface area (Å²) < 4.78 is 5.56. The highest BCUT2D eigenvalue weighted by Crippen LogP contribution is 2.44. The Morgan fingerprint density at radius 1 is 1.03 bits per heavy atom. The second kappa shape index (κ2) is 8.89. The second-order valence-corrected chi connectivity index (χ2v) is 9.27. The molecule has 0 radical (unpaired) electrons. The van der Waals surface area contributed by atoms with Crippen molar-refractivity contribution in [3.63, 3.8) is 0 Å². The fourth-order valence-electron chi connectivity index (χ4n) is 5.25. The van der Waals surface area contributed by atoms with Crippen molar-refractivity contribution >= 4 is 18.0 Å². The number of amides is 2. The van der Waals surface area contributed by atoms with E-state index in [2.05, 4.69) is 29.6 Å². The Kier molecular flexibility index (Phi) is 5.79. The van der Waals surface area contributed by atoms with Gasteiger partial charge in [0.1, 0.15) is 6.61 Å². The van der Waals surface area contributed by atoms with E-state index in [9.17, 15) is 19.5 Å². The van der Waals surface area contributed by atoms with E-state index < -0.39 is 18.0 Å². The van der Waals surface area contributed by atoms with Gasteiger partial charge in [0.2, 0.25) is 5.91 Å². The number of hydrogen-bond donors (Lipinski definition) is 2. The lowest BCUT2D eigenvalue weighted by Crippen LogP contribution is -2.43. The number of carboxylic acid groups (broad SMARTS) is 1. The van der Waals surface area contributed by atoms with E-state index in [0.29, 0.717) is 19.5 Å². The third-order valence-electron chi connectivity index (χ3n) is 7.17. The van der Waals surface area contributed by atoms with Gasteiger partial charge in [-0.1, -0.05) is 48.5 Å². The van der Waals surface area contributed by atoms with Crippen LogP contribution in [0.25, 0.3) is 11.1 Å². The first-order valence-electron chi connectivity index (χ1n) is 11.6. The average molecular weight is 449 g/mol. The molecule has 5 rings (SSSR count). The molecular weight excluding hydrogens is 420 g/mol. The summed E-state index contributed by atoms with van der Waals surface area (Å²) >= 11 is 0. The SMILES string of the molecule is O=C(NC[C@@H]1C[C@@H]1C(=O)N1CCC[C@H](C(=O)O)C1)OCC1c2ccccc2-c2ccccc21. The molecule has 3 aliphatic rings. The number of alkyl carbamates (subject to hydrolysis) is 1. The molecular formula is C26H28N2O5. The van der Waals surface area contributed by atoms with Gasteiger partial charge in [0, 0.05) is 31.5 Å². The molecule has 2 aliphatic carbocycles. The Labute approximate surface area is 192 Å². The predicted octanol–water partition coefficient (Wildman–Crippen LogP) is 3.48. The Morgan fingerprint density at radius 3 is 2.36 bits per heavy atom. The molecule has 1 heterocycles. The largest absolute Gasteiger partial charge is 0.481 e. The van der Waals surface area contributed by atoms with Crippen molar-refractivity contribution in [1.29, 1.82) is 0 Å². The number of nitrogens with zero attached hydrogens (tertiary/aromatic N) is 1. The molecule has 2 aromatic carbocycles. The van der Waals surface area contributed by atoms with E-state index in [1.807, 2.05) is 24.3 Å². The highest BCUT2D eigenvalue weighted by Gasteiger charge is 2.46. The Balaban J connectivity index is 1.10. The number of piperidine rings is 1. The zero-order valence-electron chi connectivity index (χ0n) is 18.4. The van der Waals surface area contributed by atoms with Crippen LogP contribution in [0.2, 0.25) is 0 Å². The van der Waals surface area contributed by atoms with Crippen LogP contribution >= 0.6 is 0 Å². The molecule has 172 valence electrons. The summed E-state index contributed by atoms with van der Waals surface area (Å²) in [7, 11) is 0. The van der Waals surface area contributed by atoms with Crippen LogP contribution in [0, 0.1) is 17.8 Å². The molecule has 2 fully saturated rings. The van der Waals surface area contributed by atoms with E-state index in [1.165, 1.54) is 22.3 Å². The van der Waals surface area contributed by atoms with Crippen LogP contribution < -0.4 is 5.32 Å². The predicted molar refractivity (Wildman–Crippen MR) is 122 cm³/mol. The summed E-state index contributed by atoms with van der Waals surface area (Å²) in [4.78, 5) is 38.0. The molecule has 7 nitrogen and oxygen atoms in total. The van der Waals surface area contributed by atoms with Crippen molar-refractivity contribution in [2.45, 2.75) is 25.2 Å². The Hall–Kier alpha value is -3.35. The molecule has 0 bridgehead atoms. The topological polar surface area (TPSA) is 95.9 Å². The van der Waals surface area contributed by atoms with Gasteiger partial charge in [-0.3, -0.25) is 9.59 Å². The normalized spacial score (nSPS) is 23.4. The molecule has 0 aromatic heterocycles. The number of nitrogens with one attached hydrogen (secondary N) is 1. The Bertz CT molecular complexity index is 1040. The standard InChI is InChI=1S/C26H28N2O5/c29-24(28-11-5-6-16(14-28)25(30)31)22-12-17(22)13-27-26(32)33-15-23-20-9-3-1-7-18(20)19-8-2-4-10-21(19)23/h1-4,7-10,16-17,22-23H,5-6,11-15H2,(H,27,32)(H,30,31)/t16-,17-,22-/m0/s1. The fourth-order valence-corrected chi connectivity index (χ4v) is 5.25. The summed E-state index contributed by atoms with van der Waals surface area (Å²) in [6.45, 7) is 1.56. The van der Waals surface area contributed by atoms with E-state index >= 15 is 0 Å². The molecule has 1 aliphatic heterocycles. The van der Waals surface area contributed by atoms with Crippen LogP contribution in [0.1, 0.15) is 36.3 Å². The minimum atomic E-state index is -0.836. The monoisotopic (exact) mass is 448 g/mol. The zero-order valence-corrected chi connectivity index (χ0v) is 18.4. The molecule has 3 atom stereocenters. The molecule has 1 saturated heterocycles. The number of carbonyl (C=O) groups excluding carboxylic acids is 2. The van der Waals surface area contributed by atoms with Crippen molar-refractivity contribution in [2.24, 2.45) is 17.8 Å². The fraction of sp³-hybridized carbons (Fsp3) is 0.423. The lowest BCUT2D eigenvalue weighted by Gasteiger charge is -2.31. The van der Waals surface area contributed by atoms with Gasteiger partial charge in [-0.05, 0) is 47.4 Å². The van der Waals surface area contributed by atoms with Crippen LogP contribution in [0.5, 0.6) is 0 Å². The molecule has 2 aromatic rings. The third-order valence-corrected chi connectivity index (χ3v) is 7.17.